The predicted molar refractivity (Wildman–Crippen MR) is 220 cm³/mol. The second kappa shape index (κ2) is 18.3. The van der Waals surface area contributed by atoms with Crippen molar-refractivity contribution in [1.29, 1.82) is 0 Å². The van der Waals surface area contributed by atoms with Gasteiger partial charge in [0, 0.05) is 82.5 Å². The van der Waals surface area contributed by atoms with Crippen molar-refractivity contribution in [2.24, 2.45) is 34.5 Å². The van der Waals surface area contributed by atoms with Gasteiger partial charge in [0.2, 0.25) is 0 Å². The molecule has 1 aliphatic heterocycles. The molecule has 1 saturated heterocycles. The van der Waals surface area contributed by atoms with Gasteiger partial charge in [0.25, 0.3) is 0 Å². The number of esters is 2. The molecule has 0 aromatic heterocycles. The number of methoxy groups -OCH3 is 4. The monoisotopic (exact) mass is 828 g/mol. The van der Waals surface area contributed by atoms with E-state index in [1.807, 2.05) is 13.1 Å². The number of benzene rings is 1. The van der Waals surface area contributed by atoms with E-state index in [1.165, 1.54) is 64.9 Å². The Bertz CT molecular complexity index is 1580. The molecular formula is C47H73NO11. The highest BCUT2D eigenvalue weighted by Crippen LogP contribution is 2.80. The minimum atomic E-state index is -1.84. The quantitative estimate of drug-likeness (QED) is 0.0969. The zero-order valence-corrected chi connectivity index (χ0v) is 36.5. The zero-order chi connectivity index (χ0) is 42.2. The fourth-order valence-electron chi connectivity index (χ4n) is 14.5. The average Bonchev–Trinajstić information content (AvgIpc) is 3.62. The van der Waals surface area contributed by atoms with E-state index >= 15 is 0 Å². The fourth-order valence-corrected chi connectivity index (χ4v) is 14.5. The molecule has 1 aromatic rings. The largest absolute Gasteiger partial charge is 0.455 e. The van der Waals surface area contributed by atoms with Crippen molar-refractivity contribution in [3.8, 4) is 0 Å². The summed E-state index contributed by atoms with van der Waals surface area (Å²) in [5.41, 5.74) is -4.82. The van der Waals surface area contributed by atoms with Crippen LogP contribution < -0.4 is 0 Å². The highest BCUT2D eigenvalue weighted by atomic mass is 16.6. The summed E-state index contributed by atoms with van der Waals surface area (Å²) in [6.07, 6.45) is 9.99. The molecule has 15 atom stereocenters. The second-order valence-electron chi connectivity index (χ2n) is 19.1. The van der Waals surface area contributed by atoms with E-state index in [1.54, 1.807) is 45.6 Å². The topological polar surface area (TPSA) is 153 Å². The number of fused-ring (bicyclic) bond motifs is 2. The van der Waals surface area contributed by atoms with Crippen molar-refractivity contribution in [3.63, 3.8) is 0 Å². The molecule has 0 radical (unpaired) electrons. The van der Waals surface area contributed by atoms with Crippen LogP contribution in [0.25, 0.3) is 0 Å². The Morgan fingerprint density at radius 2 is 1.44 bits per heavy atom. The van der Waals surface area contributed by atoms with Crippen LogP contribution in [0.1, 0.15) is 120 Å². The van der Waals surface area contributed by atoms with Crippen molar-refractivity contribution in [3.05, 3.63) is 35.9 Å². The third-order valence-electron chi connectivity index (χ3n) is 16.3. The molecule has 7 rings (SSSR count). The maximum absolute atomic E-state index is 14.5. The first-order chi connectivity index (χ1) is 28.5. The fraction of sp³-hybridized carbons (Fsp3) is 0.830. The molecule has 6 fully saturated rings. The molecule has 1 heterocycles. The van der Waals surface area contributed by atoms with Gasteiger partial charge in [-0.15, -0.1) is 0 Å². The SMILES string of the molecule is CCCCCCCCCCCCCCCC(=O)O[C@]12[C@H]3[C@@H](OC(=O)c4ccccc4)[C@](O)(C[C@H]3[C@@]34C5[C@@H]1[C@H](OC)[C@@H]3[C@](COC)(CN5C)[C@H](O)C[C@@H]4OC)[C@@H](OC)[C@@H]2O. The van der Waals surface area contributed by atoms with Crippen molar-refractivity contribution < 1.29 is 53.3 Å². The Kier molecular flexibility index (Phi) is 13.9. The first kappa shape index (κ1) is 44.9. The molecule has 1 spiro atoms. The lowest BCUT2D eigenvalue weighted by Crippen LogP contribution is -2.81. The summed E-state index contributed by atoms with van der Waals surface area (Å²) in [6, 6.07) is 8.29. The summed E-state index contributed by atoms with van der Waals surface area (Å²) < 4.78 is 38.5. The first-order valence-corrected chi connectivity index (χ1v) is 22.8. The number of piperidine rings is 1. The third-order valence-corrected chi connectivity index (χ3v) is 16.3. The number of unbranched alkanes of at least 4 members (excludes halogenated alkanes) is 12. The lowest BCUT2D eigenvalue weighted by atomic mass is 9.42. The van der Waals surface area contributed by atoms with E-state index in [2.05, 4.69) is 11.8 Å². The Balaban J connectivity index is 1.21. The molecule has 1 unspecified atom stereocenters. The maximum Gasteiger partial charge on any atom is 0.338 e. The molecule has 5 aliphatic carbocycles. The molecule has 7 bridgehead atoms. The molecule has 59 heavy (non-hydrogen) atoms. The Morgan fingerprint density at radius 1 is 0.814 bits per heavy atom. The van der Waals surface area contributed by atoms with Crippen molar-refractivity contribution in [1.82, 2.24) is 4.90 Å². The van der Waals surface area contributed by atoms with Gasteiger partial charge in [0.1, 0.15) is 23.9 Å². The number of carbonyl (C=O) groups is 2. The highest BCUT2D eigenvalue weighted by Gasteiger charge is 2.92. The first-order valence-electron chi connectivity index (χ1n) is 22.8. The van der Waals surface area contributed by atoms with E-state index in [-0.39, 0.29) is 31.4 Å². The standard InChI is InChI=1S/C47H73NO11/c1-7-8-9-10-11-12-13-14-15-16-17-18-22-25-34(50)59-47-35-31(27-45(53,42(57-6)40(47)51)41(35)58-43(52)30-23-20-19-21-24-30)46-33(55-4)26-32(49)44(29-54-3)28-48(2)39(46)36(47)37(56-5)38(44)46/h19-21,23-24,31-33,35-42,49,51,53H,7-18,22,25-29H2,1-6H3/t31-,32-,33+,35-,36+,37+,38-,39?,40+,41-,42+,44+,45-,46+,47-/m1/s1. The highest BCUT2D eigenvalue weighted by molar-refractivity contribution is 5.89. The Hall–Kier alpha value is -2.16. The van der Waals surface area contributed by atoms with Gasteiger partial charge in [-0.05, 0) is 37.9 Å². The number of rotatable bonds is 22. The normalized spacial score (nSPS) is 41.5. The van der Waals surface area contributed by atoms with Crippen LogP contribution in [0.15, 0.2) is 30.3 Å². The van der Waals surface area contributed by atoms with Crippen LogP contribution >= 0.6 is 0 Å². The summed E-state index contributed by atoms with van der Waals surface area (Å²) in [5.74, 6) is -3.48. The smallest absolute Gasteiger partial charge is 0.338 e. The summed E-state index contributed by atoms with van der Waals surface area (Å²) in [6.45, 7) is 2.97. The van der Waals surface area contributed by atoms with Gasteiger partial charge in [-0.25, -0.2) is 4.79 Å². The van der Waals surface area contributed by atoms with Crippen LogP contribution in [-0.4, -0.2) is 135 Å². The molecule has 12 heteroatoms. The second-order valence-corrected chi connectivity index (χ2v) is 19.1. The molecular weight excluding hydrogens is 755 g/mol. The van der Waals surface area contributed by atoms with Gasteiger partial charge >= 0.3 is 11.9 Å². The third kappa shape index (κ3) is 7.02. The summed E-state index contributed by atoms with van der Waals surface area (Å²) >= 11 is 0. The molecule has 0 amide bonds. The van der Waals surface area contributed by atoms with Gasteiger partial charge in [-0.2, -0.15) is 0 Å². The zero-order valence-electron chi connectivity index (χ0n) is 36.5. The number of carbonyl (C=O) groups excluding carboxylic acids is 2. The molecule has 332 valence electrons. The van der Waals surface area contributed by atoms with Crippen molar-refractivity contribution >= 4 is 11.9 Å². The maximum atomic E-state index is 14.5. The number of aliphatic hydroxyl groups is 3. The number of hydrogen-bond donors (Lipinski definition) is 3. The van der Waals surface area contributed by atoms with Crippen LogP contribution in [0.3, 0.4) is 0 Å². The Labute approximate surface area is 352 Å². The van der Waals surface area contributed by atoms with Crippen LogP contribution in [0.4, 0.5) is 0 Å². The van der Waals surface area contributed by atoms with Gasteiger partial charge < -0.3 is 48.6 Å². The molecule has 1 aromatic carbocycles. The minimum Gasteiger partial charge on any atom is -0.455 e. The summed E-state index contributed by atoms with van der Waals surface area (Å²) in [7, 11) is 8.39. The summed E-state index contributed by atoms with van der Waals surface area (Å²) in [4.78, 5) is 30.8. The molecule has 3 N–H and O–H groups in total. The summed E-state index contributed by atoms with van der Waals surface area (Å²) in [5, 5.41) is 38.1. The van der Waals surface area contributed by atoms with Gasteiger partial charge in [-0.1, -0.05) is 102 Å². The number of ether oxygens (including phenoxy) is 6. The minimum absolute atomic E-state index is 0.0845. The van der Waals surface area contributed by atoms with Crippen LogP contribution in [0, 0.1) is 34.5 Å². The lowest BCUT2D eigenvalue weighted by molar-refractivity contribution is -0.321. The van der Waals surface area contributed by atoms with E-state index in [9.17, 15) is 24.9 Å². The van der Waals surface area contributed by atoms with Crippen LogP contribution in [0.2, 0.25) is 0 Å². The van der Waals surface area contributed by atoms with E-state index in [4.69, 9.17) is 28.4 Å². The van der Waals surface area contributed by atoms with Gasteiger partial charge in [-0.3, -0.25) is 4.79 Å². The van der Waals surface area contributed by atoms with Gasteiger partial charge in [0.15, 0.2) is 5.60 Å². The Morgan fingerprint density at radius 3 is 2.02 bits per heavy atom. The van der Waals surface area contributed by atoms with Crippen LogP contribution in [-0.2, 0) is 33.2 Å². The van der Waals surface area contributed by atoms with Crippen LogP contribution in [0.5, 0.6) is 0 Å². The molecule has 5 saturated carbocycles. The van der Waals surface area contributed by atoms with E-state index in [0.717, 1.165) is 19.3 Å². The number of nitrogens with zero attached hydrogens (tertiary/aromatic N) is 1. The number of hydrogen-bond acceptors (Lipinski definition) is 12. The van der Waals surface area contributed by atoms with E-state index in [0.29, 0.717) is 24.9 Å². The predicted octanol–water partition coefficient (Wildman–Crippen LogP) is 5.72. The lowest BCUT2D eigenvalue weighted by Gasteiger charge is -2.70. The number of aliphatic hydroxyl groups excluding tert-OH is 2. The van der Waals surface area contributed by atoms with Crippen molar-refractivity contribution in [2.75, 3.05) is 48.6 Å². The van der Waals surface area contributed by atoms with Gasteiger partial charge in [0.05, 0.1) is 30.5 Å². The molecule has 12 nitrogen and oxygen atoms in total. The number of likely N-dealkylation sites (tertiary alicyclic amines) is 1. The molecule has 6 aliphatic rings. The average molecular weight is 828 g/mol. The van der Waals surface area contributed by atoms with Crippen molar-refractivity contribution in [2.45, 2.75) is 164 Å². The van der Waals surface area contributed by atoms with E-state index < -0.39 is 88.3 Å².